The molecule has 0 bridgehead atoms. The van der Waals surface area contributed by atoms with E-state index in [1.807, 2.05) is 23.1 Å². The number of nitrogens with zero attached hydrogens (tertiary/aromatic N) is 4. The number of likely N-dealkylation sites (tertiary alicyclic amines) is 1. The van der Waals surface area contributed by atoms with Crippen LogP contribution in [0.4, 0.5) is 14.7 Å². The molecule has 2 aliphatic rings. The van der Waals surface area contributed by atoms with E-state index in [1.54, 1.807) is 18.5 Å². The molecule has 0 unspecified atom stereocenters. The van der Waals surface area contributed by atoms with Crippen LogP contribution in [0.3, 0.4) is 0 Å². The molecule has 1 aromatic carbocycles. The van der Waals surface area contributed by atoms with E-state index in [9.17, 15) is 8.78 Å². The van der Waals surface area contributed by atoms with Gasteiger partial charge in [0.05, 0.1) is 5.41 Å². The molecule has 2 fully saturated rings. The summed E-state index contributed by atoms with van der Waals surface area (Å²) >= 11 is 0. The average Bonchev–Trinajstić information content (AvgIpc) is 3.06. The highest BCUT2D eigenvalue weighted by Gasteiger charge is 2.59. The van der Waals surface area contributed by atoms with E-state index in [0.717, 1.165) is 6.54 Å². The van der Waals surface area contributed by atoms with E-state index in [0.29, 0.717) is 38.5 Å². The Balaban J connectivity index is 1.52. The first-order chi connectivity index (χ1) is 12.1. The third-order valence-corrected chi connectivity index (χ3v) is 5.48. The van der Waals surface area contributed by atoms with Gasteiger partial charge in [0.25, 0.3) is 5.92 Å². The topological polar surface area (TPSA) is 32.3 Å². The maximum absolute atomic E-state index is 14.9. The molecule has 0 aliphatic carbocycles. The Bertz CT molecular complexity index is 710. The van der Waals surface area contributed by atoms with Crippen LogP contribution in [0.25, 0.3) is 0 Å². The zero-order valence-corrected chi connectivity index (χ0v) is 14.1. The highest BCUT2D eigenvalue weighted by atomic mass is 19.3. The molecule has 1 spiro atoms. The van der Waals surface area contributed by atoms with Crippen LogP contribution in [-0.4, -0.2) is 47.0 Å². The van der Waals surface area contributed by atoms with Crippen LogP contribution < -0.4 is 4.90 Å². The van der Waals surface area contributed by atoms with Crippen molar-refractivity contribution in [1.29, 1.82) is 0 Å². The van der Waals surface area contributed by atoms with Crippen molar-refractivity contribution in [3.63, 3.8) is 0 Å². The summed E-state index contributed by atoms with van der Waals surface area (Å²) in [6, 6.07) is 11.8. The standard InChI is InChI=1S/C19H22F2N4/c20-19(21)8-11-24(13-16-5-2-1-3-6-16)14-18(19)7-12-25(15-18)17-22-9-4-10-23-17/h1-6,9-10H,7-8,11-15H2/t18-/m0/s1. The van der Waals surface area contributed by atoms with Gasteiger partial charge in [-0.1, -0.05) is 30.3 Å². The van der Waals surface area contributed by atoms with E-state index in [4.69, 9.17) is 0 Å². The molecule has 3 heterocycles. The van der Waals surface area contributed by atoms with Crippen molar-refractivity contribution in [3.05, 3.63) is 54.4 Å². The number of hydrogen-bond acceptors (Lipinski definition) is 4. The third kappa shape index (κ3) is 3.11. The predicted octanol–water partition coefficient (Wildman–Crippen LogP) is 3.21. The second-order valence-corrected chi connectivity index (χ2v) is 7.15. The Morgan fingerprint density at radius 2 is 1.68 bits per heavy atom. The van der Waals surface area contributed by atoms with Crippen LogP contribution in [0.15, 0.2) is 48.8 Å². The van der Waals surface area contributed by atoms with Gasteiger partial charge in [-0.15, -0.1) is 0 Å². The summed E-state index contributed by atoms with van der Waals surface area (Å²) < 4.78 is 29.7. The normalized spacial score (nSPS) is 26.2. The molecule has 0 amide bonds. The summed E-state index contributed by atoms with van der Waals surface area (Å²) in [5.41, 5.74) is 0.156. The number of anilines is 1. The van der Waals surface area contributed by atoms with Gasteiger partial charge in [0.15, 0.2) is 0 Å². The van der Waals surface area contributed by atoms with Crippen molar-refractivity contribution in [2.24, 2.45) is 5.41 Å². The first kappa shape index (κ1) is 16.4. The minimum atomic E-state index is -2.65. The van der Waals surface area contributed by atoms with Gasteiger partial charge < -0.3 is 4.90 Å². The van der Waals surface area contributed by atoms with E-state index >= 15 is 0 Å². The van der Waals surface area contributed by atoms with Gasteiger partial charge >= 0.3 is 0 Å². The summed E-state index contributed by atoms with van der Waals surface area (Å²) in [5, 5.41) is 0. The van der Waals surface area contributed by atoms with Crippen LogP contribution in [0, 0.1) is 5.41 Å². The summed E-state index contributed by atoms with van der Waals surface area (Å²) in [6.45, 7) is 2.47. The fraction of sp³-hybridized carbons (Fsp3) is 0.474. The van der Waals surface area contributed by atoms with Gasteiger partial charge in [0.2, 0.25) is 5.95 Å². The lowest BCUT2D eigenvalue weighted by Gasteiger charge is -2.46. The molecule has 4 rings (SSSR count). The van der Waals surface area contributed by atoms with Gasteiger partial charge in [0, 0.05) is 51.5 Å². The van der Waals surface area contributed by atoms with E-state index in [-0.39, 0.29) is 6.42 Å². The Morgan fingerprint density at radius 1 is 0.920 bits per heavy atom. The number of hydrogen-bond donors (Lipinski definition) is 0. The van der Waals surface area contributed by atoms with Crippen LogP contribution in [0.1, 0.15) is 18.4 Å². The number of halogens is 2. The summed E-state index contributed by atoms with van der Waals surface area (Å²) in [5.74, 6) is -2.10. The van der Waals surface area contributed by atoms with Gasteiger partial charge in [-0.05, 0) is 18.1 Å². The van der Waals surface area contributed by atoms with Crippen molar-refractivity contribution >= 4 is 5.95 Å². The van der Waals surface area contributed by atoms with E-state index in [2.05, 4.69) is 27.0 Å². The lowest BCUT2D eigenvalue weighted by molar-refractivity contribution is -0.158. The summed E-state index contributed by atoms with van der Waals surface area (Å²) in [4.78, 5) is 12.5. The van der Waals surface area contributed by atoms with Crippen molar-refractivity contribution in [2.45, 2.75) is 25.3 Å². The van der Waals surface area contributed by atoms with Crippen molar-refractivity contribution in [2.75, 3.05) is 31.1 Å². The third-order valence-electron chi connectivity index (χ3n) is 5.48. The minimum Gasteiger partial charge on any atom is -0.340 e. The highest BCUT2D eigenvalue weighted by molar-refractivity contribution is 5.33. The molecule has 0 radical (unpaired) electrons. The molecule has 0 saturated carbocycles. The van der Waals surface area contributed by atoms with Crippen molar-refractivity contribution in [1.82, 2.24) is 14.9 Å². The Hall–Kier alpha value is -2.08. The quantitative estimate of drug-likeness (QED) is 0.856. The molecule has 2 aromatic rings. The van der Waals surface area contributed by atoms with Crippen LogP contribution in [0.5, 0.6) is 0 Å². The van der Waals surface area contributed by atoms with Gasteiger partial charge in [-0.3, -0.25) is 4.90 Å². The smallest absolute Gasteiger partial charge is 0.257 e. The first-order valence-electron chi connectivity index (χ1n) is 8.74. The number of alkyl halides is 2. The fourth-order valence-electron chi connectivity index (χ4n) is 4.09. The average molecular weight is 344 g/mol. The van der Waals surface area contributed by atoms with Crippen LogP contribution in [-0.2, 0) is 6.54 Å². The molecule has 25 heavy (non-hydrogen) atoms. The van der Waals surface area contributed by atoms with Crippen molar-refractivity contribution in [3.8, 4) is 0 Å². The molecule has 4 nitrogen and oxygen atoms in total. The highest BCUT2D eigenvalue weighted by Crippen LogP contribution is 2.50. The summed E-state index contributed by atoms with van der Waals surface area (Å²) in [7, 11) is 0. The van der Waals surface area contributed by atoms with E-state index in [1.165, 1.54) is 5.56 Å². The molecular weight excluding hydrogens is 322 g/mol. The Morgan fingerprint density at radius 3 is 2.44 bits per heavy atom. The molecule has 2 saturated heterocycles. The second-order valence-electron chi connectivity index (χ2n) is 7.15. The zero-order chi connectivity index (χ0) is 17.3. The maximum atomic E-state index is 14.9. The van der Waals surface area contributed by atoms with Crippen LogP contribution in [0.2, 0.25) is 0 Å². The van der Waals surface area contributed by atoms with Crippen LogP contribution >= 0.6 is 0 Å². The number of benzene rings is 1. The second kappa shape index (κ2) is 6.33. The molecular formula is C19H22F2N4. The maximum Gasteiger partial charge on any atom is 0.257 e. The fourth-order valence-corrected chi connectivity index (χ4v) is 4.09. The molecule has 132 valence electrons. The number of aromatic nitrogens is 2. The Kier molecular flexibility index (Phi) is 4.15. The SMILES string of the molecule is FC1(F)CCN(Cc2ccccc2)C[C@]12CCN(c1ncccn1)C2. The lowest BCUT2D eigenvalue weighted by atomic mass is 9.75. The van der Waals surface area contributed by atoms with Gasteiger partial charge in [-0.25, -0.2) is 18.7 Å². The zero-order valence-electron chi connectivity index (χ0n) is 14.1. The predicted molar refractivity (Wildman–Crippen MR) is 92.6 cm³/mol. The molecule has 1 aromatic heterocycles. The lowest BCUT2D eigenvalue weighted by Crippen LogP contribution is -2.56. The molecule has 6 heteroatoms. The Labute approximate surface area is 146 Å². The minimum absolute atomic E-state index is 0.0800. The molecule has 0 N–H and O–H groups in total. The summed E-state index contributed by atoms with van der Waals surface area (Å²) in [6.07, 6.45) is 3.72. The van der Waals surface area contributed by atoms with Gasteiger partial charge in [0.1, 0.15) is 0 Å². The van der Waals surface area contributed by atoms with E-state index < -0.39 is 11.3 Å². The largest absolute Gasteiger partial charge is 0.340 e. The number of piperidine rings is 1. The monoisotopic (exact) mass is 344 g/mol. The number of rotatable bonds is 3. The molecule has 1 atom stereocenters. The first-order valence-corrected chi connectivity index (χ1v) is 8.74. The van der Waals surface area contributed by atoms with Gasteiger partial charge in [-0.2, -0.15) is 0 Å². The van der Waals surface area contributed by atoms with Crippen molar-refractivity contribution < 1.29 is 8.78 Å². The molecule has 2 aliphatic heterocycles.